The fraction of sp³-hybridized carbons (Fsp3) is 0.364. The maximum Gasteiger partial charge on any atom is 0.286 e. The average Bonchev–Trinajstić information content (AvgIpc) is 3.58. The first-order valence-corrected chi connectivity index (χ1v) is 11.9. The molecule has 0 aliphatic rings. The highest BCUT2D eigenvalue weighted by atomic mass is 79.9. The van der Waals surface area contributed by atoms with E-state index in [0.29, 0.717) is 58.6 Å². The van der Waals surface area contributed by atoms with Crippen LogP contribution in [0.3, 0.4) is 0 Å². The second-order valence-electron chi connectivity index (χ2n) is 7.88. The number of fused-ring (bicyclic) bond motifs is 2. The summed E-state index contributed by atoms with van der Waals surface area (Å²) < 4.78 is 14.6. The number of H-pyrrole nitrogens is 1. The molecule has 4 aromatic heterocycles. The van der Waals surface area contributed by atoms with Crippen LogP contribution in [0.2, 0.25) is 0 Å². The third-order valence-corrected chi connectivity index (χ3v) is 6.02. The van der Waals surface area contributed by atoms with Crippen molar-refractivity contribution in [2.75, 3.05) is 7.11 Å². The molecule has 0 fully saturated rings. The molecule has 0 spiro atoms. The molecule has 11 nitrogen and oxygen atoms in total. The van der Waals surface area contributed by atoms with Crippen LogP contribution < -0.4 is 10.3 Å². The van der Waals surface area contributed by atoms with E-state index in [4.69, 9.17) is 9.26 Å². The lowest BCUT2D eigenvalue weighted by molar-refractivity contribution is 0.378. The van der Waals surface area contributed by atoms with Crippen LogP contribution in [0.5, 0.6) is 5.75 Å². The summed E-state index contributed by atoms with van der Waals surface area (Å²) in [6, 6.07) is 7.42. The van der Waals surface area contributed by atoms with Crippen LogP contribution in [0.25, 0.3) is 28.3 Å². The summed E-state index contributed by atoms with van der Waals surface area (Å²) in [5.41, 5.74) is 1.57. The van der Waals surface area contributed by atoms with Crippen LogP contribution in [0, 0.1) is 0 Å². The van der Waals surface area contributed by atoms with Gasteiger partial charge in [-0.25, -0.2) is 9.38 Å². The Hall–Kier alpha value is -3.54. The predicted molar refractivity (Wildman–Crippen MR) is 128 cm³/mol. The zero-order chi connectivity index (χ0) is 23.7. The number of aromatic nitrogens is 8. The molecule has 0 saturated carbocycles. The molecule has 1 aromatic carbocycles. The maximum atomic E-state index is 13.2. The van der Waals surface area contributed by atoms with E-state index < -0.39 is 0 Å². The van der Waals surface area contributed by atoms with Gasteiger partial charge in [-0.15, -0.1) is 10.2 Å². The Bertz CT molecular complexity index is 1500. The lowest BCUT2D eigenvalue weighted by atomic mass is 10.2. The number of halogens is 1. The number of aryl methyl sites for hydroxylation is 3. The number of methoxy groups -OCH3 is 1. The van der Waals surface area contributed by atoms with Crippen molar-refractivity contribution in [2.24, 2.45) is 0 Å². The van der Waals surface area contributed by atoms with Gasteiger partial charge >= 0.3 is 0 Å². The average molecular weight is 527 g/mol. The third kappa shape index (κ3) is 4.09. The molecule has 0 bridgehead atoms. The van der Waals surface area contributed by atoms with Crippen molar-refractivity contribution in [3.63, 3.8) is 0 Å². The molecule has 12 heteroatoms. The molecule has 0 atom stereocenters. The molecule has 0 radical (unpaired) electrons. The molecule has 4 heterocycles. The molecule has 0 aliphatic carbocycles. The summed E-state index contributed by atoms with van der Waals surface area (Å²) in [7, 11) is 1.62. The number of ether oxygens (including phenoxy) is 1. The van der Waals surface area contributed by atoms with E-state index in [1.54, 1.807) is 11.5 Å². The van der Waals surface area contributed by atoms with E-state index in [1.807, 2.05) is 28.8 Å². The minimum Gasteiger partial charge on any atom is -0.497 e. The number of imidazole rings is 1. The lowest BCUT2D eigenvalue weighted by Crippen LogP contribution is -2.21. The molecule has 0 unspecified atom stereocenters. The summed E-state index contributed by atoms with van der Waals surface area (Å²) in [4.78, 5) is 25.2. The smallest absolute Gasteiger partial charge is 0.286 e. The standard InChI is InChI=1S/C22H23BrN8O3/c1-3-4-5-12-30-19-17(25-21(23)26-19)20(32)31-15(27-28-22(30)31)10-11-16-24-18(29-34-16)13-6-8-14(33-2)9-7-13/h6-9H,3-5,10-12H2,1-2H3,(H,25,26). The summed E-state index contributed by atoms with van der Waals surface area (Å²) in [6.07, 6.45) is 3.94. The number of rotatable bonds is 9. The van der Waals surface area contributed by atoms with Crippen LogP contribution in [-0.4, -0.2) is 46.4 Å². The molecule has 5 aromatic rings. The monoisotopic (exact) mass is 526 g/mol. The van der Waals surface area contributed by atoms with Crippen molar-refractivity contribution in [3.8, 4) is 17.1 Å². The number of hydrogen-bond acceptors (Lipinski definition) is 8. The van der Waals surface area contributed by atoms with Crippen LogP contribution >= 0.6 is 15.9 Å². The first-order chi connectivity index (χ1) is 16.6. The molecule has 1 N–H and O–H groups in total. The molecule has 5 rings (SSSR count). The Balaban J connectivity index is 1.43. The number of unbranched alkanes of at least 4 members (excludes halogenated alkanes) is 2. The summed E-state index contributed by atoms with van der Waals surface area (Å²) in [6.45, 7) is 2.84. The van der Waals surface area contributed by atoms with Crippen LogP contribution in [0.1, 0.15) is 37.9 Å². The second kappa shape index (κ2) is 9.37. The van der Waals surface area contributed by atoms with E-state index in [0.717, 1.165) is 30.6 Å². The highest BCUT2D eigenvalue weighted by Gasteiger charge is 2.20. The van der Waals surface area contributed by atoms with E-state index in [-0.39, 0.29) is 5.56 Å². The van der Waals surface area contributed by atoms with Gasteiger partial charge in [0.15, 0.2) is 15.9 Å². The molecule has 0 saturated heterocycles. The normalized spacial score (nSPS) is 11.6. The number of nitrogens with one attached hydrogen (secondary N) is 1. The predicted octanol–water partition coefficient (Wildman–Crippen LogP) is 3.56. The van der Waals surface area contributed by atoms with Crippen LogP contribution in [-0.2, 0) is 19.4 Å². The molecule has 0 amide bonds. The second-order valence-corrected chi connectivity index (χ2v) is 8.63. The summed E-state index contributed by atoms with van der Waals surface area (Å²) in [5, 5.41) is 12.7. The Labute approximate surface area is 202 Å². The van der Waals surface area contributed by atoms with Gasteiger partial charge in [0.05, 0.1) is 7.11 Å². The lowest BCUT2D eigenvalue weighted by Gasteiger charge is -2.09. The molecular formula is C22H23BrN8O3. The molecule has 0 aliphatic heterocycles. The Morgan fingerprint density at radius 1 is 1.12 bits per heavy atom. The van der Waals surface area contributed by atoms with E-state index in [2.05, 4.69) is 53.2 Å². The van der Waals surface area contributed by atoms with Gasteiger partial charge in [-0.3, -0.25) is 9.36 Å². The topological polar surface area (TPSA) is 129 Å². The quantitative estimate of drug-likeness (QED) is 0.228. The van der Waals surface area contributed by atoms with Crippen molar-refractivity contribution in [1.82, 2.24) is 39.3 Å². The highest BCUT2D eigenvalue weighted by molar-refractivity contribution is 9.10. The van der Waals surface area contributed by atoms with Crippen molar-refractivity contribution in [3.05, 3.63) is 51.1 Å². The third-order valence-electron chi connectivity index (χ3n) is 5.65. The molecule has 34 heavy (non-hydrogen) atoms. The van der Waals surface area contributed by atoms with Crippen LogP contribution in [0.4, 0.5) is 0 Å². The van der Waals surface area contributed by atoms with Gasteiger partial charge in [-0.2, -0.15) is 4.98 Å². The van der Waals surface area contributed by atoms with Gasteiger partial charge in [0.1, 0.15) is 11.6 Å². The van der Waals surface area contributed by atoms with Gasteiger partial charge in [0.25, 0.3) is 5.56 Å². The van der Waals surface area contributed by atoms with Crippen LogP contribution in [0.15, 0.2) is 38.3 Å². The highest BCUT2D eigenvalue weighted by Crippen LogP contribution is 2.21. The Kier molecular flexibility index (Phi) is 6.14. The van der Waals surface area contributed by atoms with Crippen molar-refractivity contribution < 1.29 is 9.26 Å². The fourth-order valence-corrected chi connectivity index (χ4v) is 4.26. The fourth-order valence-electron chi connectivity index (χ4n) is 3.90. The SMILES string of the molecule is CCCCCn1c2nc(Br)[nH]c2c(=O)n2c(CCc3nc(-c4ccc(OC)cc4)no3)nnc12. The van der Waals surface area contributed by atoms with E-state index in [9.17, 15) is 4.79 Å². The minimum atomic E-state index is -0.237. The van der Waals surface area contributed by atoms with Gasteiger partial charge in [0.2, 0.25) is 17.5 Å². The summed E-state index contributed by atoms with van der Waals surface area (Å²) >= 11 is 3.35. The zero-order valence-corrected chi connectivity index (χ0v) is 20.4. The largest absolute Gasteiger partial charge is 0.497 e. The van der Waals surface area contributed by atoms with Crippen molar-refractivity contribution >= 4 is 32.9 Å². The molecular weight excluding hydrogens is 504 g/mol. The van der Waals surface area contributed by atoms with Gasteiger partial charge < -0.3 is 14.2 Å². The zero-order valence-electron chi connectivity index (χ0n) is 18.8. The number of nitrogens with zero attached hydrogens (tertiary/aromatic N) is 7. The van der Waals surface area contributed by atoms with Gasteiger partial charge in [-0.05, 0) is 46.6 Å². The first-order valence-electron chi connectivity index (χ1n) is 11.1. The maximum absolute atomic E-state index is 13.2. The number of benzene rings is 1. The number of hydrogen-bond donors (Lipinski definition) is 1. The van der Waals surface area contributed by atoms with Gasteiger partial charge in [-0.1, -0.05) is 24.9 Å². The summed E-state index contributed by atoms with van der Waals surface area (Å²) in [5.74, 6) is 2.71. The number of aromatic amines is 1. The van der Waals surface area contributed by atoms with Gasteiger partial charge in [0, 0.05) is 24.9 Å². The Morgan fingerprint density at radius 2 is 1.94 bits per heavy atom. The first kappa shape index (κ1) is 22.3. The minimum absolute atomic E-state index is 0.237. The van der Waals surface area contributed by atoms with E-state index in [1.165, 1.54) is 0 Å². The molecule has 176 valence electrons. The Morgan fingerprint density at radius 3 is 2.71 bits per heavy atom. The van der Waals surface area contributed by atoms with Crippen molar-refractivity contribution in [2.45, 2.75) is 45.6 Å². The van der Waals surface area contributed by atoms with E-state index >= 15 is 0 Å². The van der Waals surface area contributed by atoms with Crippen molar-refractivity contribution in [1.29, 1.82) is 0 Å².